The van der Waals surface area contributed by atoms with Crippen molar-refractivity contribution in [2.45, 2.75) is 25.0 Å². The molecule has 0 amide bonds. The third kappa shape index (κ3) is 4.44. The highest BCUT2D eigenvalue weighted by atomic mass is 35.5. The summed E-state index contributed by atoms with van der Waals surface area (Å²) in [6.07, 6.45) is 0. The van der Waals surface area contributed by atoms with Crippen LogP contribution in [0.25, 0.3) is 0 Å². The van der Waals surface area contributed by atoms with E-state index in [9.17, 15) is 0 Å². The monoisotopic (exact) mass is 266 g/mol. The van der Waals surface area contributed by atoms with Gasteiger partial charge in [0.25, 0.3) is 0 Å². The molecule has 0 saturated carbocycles. The van der Waals surface area contributed by atoms with Crippen molar-refractivity contribution in [3.8, 4) is 0 Å². The molecule has 80 valence electrons. The largest absolute Gasteiger partial charge is 0.364 e. The number of hydrogen-bond acceptors (Lipinski definition) is 1. The van der Waals surface area contributed by atoms with Crippen LogP contribution in [0.2, 0.25) is 0 Å². The summed E-state index contributed by atoms with van der Waals surface area (Å²) in [5.74, 6) is 1.28. The van der Waals surface area contributed by atoms with E-state index in [4.69, 9.17) is 51.1 Å². The van der Waals surface area contributed by atoms with E-state index in [1.54, 1.807) is 0 Å². The van der Waals surface area contributed by atoms with Gasteiger partial charge >= 0.3 is 0 Å². The van der Waals surface area contributed by atoms with Gasteiger partial charge < -0.3 is 4.74 Å². The third-order valence-electron chi connectivity index (χ3n) is 1.62. The van der Waals surface area contributed by atoms with Gasteiger partial charge in [-0.3, -0.25) is 0 Å². The Labute approximate surface area is 99.6 Å². The molecule has 1 nitrogen and oxygen atoms in total. The molecule has 0 aromatic rings. The van der Waals surface area contributed by atoms with E-state index in [0.29, 0.717) is 23.5 Å². The molecular weight excluding hydrogens is 254 g/mol. The molecule has 0 fully saturated rings. The Bertz CT molecular complexity index is 127. The van der Waals surface area contributed by atoms with Crippen LogP contribution in [0.15, 0.2) is 0 Å². The van der Waals surface area contributed by atoms with E-state index in [-0.39, 0.29) is 0 Å². The molecule has 0 aliphatic carbocycles. The SMILES string of the molecule is CC(CCl)(CCl)OC(C)(CCl)CCl. The fourth-order valence-electron chi connectivity index (χ4n) is 0.775. The molecule has 0 saturated heterocycles. The van der Waals surface area contributed by atoms with E-state index in [2.05, 4.69) is 0 Å². The highest BCUT2D eigenvalue weighted by molar-refractivity contribution is 6.22. The summed E-state index contributed by atoms with van der Waals surface area (Å²) in [4.78, 5) is 0. The number of rotatable bonds is 6. The third-order valence-corrected chi connectivity index (χ3v) is 3.88. The molecule has 0 aromatic carbocycles. The maximum Gasteiger partial charge on any atom is 0.0932 e. The number of ether oxygens (including phenoxy) is 1. The lowest BCUT2D eigenvalue weighted by atomic mass is 10.1. The van der Waals surface area contributed by atoms with Crippen molar-refractivity contribution in [2.75, 3.05) is 23.5 Å². The summed E-state index contributed by atoms with van der Waals surface area (Å²) in [5, 5.41) is 0. The maximum atomic E-state index is 5.73. The predicted molar refractivity (Wildman–Crippen MR) is 60.8 cm³/mol. The minimum absolute atomic E-state index is 0.319. The second-order valence-electron chi connectivity index (χ2n) is 3.54. The first-order chi connectivity index (χ1) is 5.95. The highest BCUT2D eigenvalue weighted by Gasteiger charge is 2.34. The second-order valence-corrected chi connectivity index (χ2v) is 4.61. The quantitative estimate of drug-likeness (QED) is 0.670. The minimum atomic E-state index is -0.568. The number of hydrogen-bond donors (Lipinski definition) is 0. The normalized spacial score (nSPS) is 13.4. The molecule has 0 aromatic heterocycles. The van der Waals surface area contributed by atoms with E-state index in [0.717, 1.165) is 0 Å². The Morgan fingerprint density at radius 2 is 1.00 bits per heavy atom. The molecule has 0 unspecified atom stereocenters. The van der Waals surface area contributed by atoms with Crippen molar-refractivity contribution < 1.29 is 4.74 Å². The van der Waals surface area contributed by atoms with Crippen LogP contribution in [0.1, 0.15) is 13.8 Å². The first kappa shape index (κ1) is 14.1. The first-order valence-corrected chi connectivity index (χ1v) is 6.03. The fraction of sp³-hybridized carbons (Fsp3) is 1.00. The van der Waals surface area contributed by atoms with Crippen LogP contribution in [-0.4, -0.2) is 34.7 Å². The molecule has 0 N–H and O–H groups in total. The molecule has 0 rings (SSSR count). The summed E-state index contributed by atoms with van der Waals surface area (Å²) in [6, 6.07) is 0. The van der Waals surface area contributed by atoms with Gasteiger partial charge in [0.15, 0.2) is 0 Å². The first-order valence-electron chi connectivity index (χ1n) is 3.89. The predicted octanol–water partition coefficient (Wildman–Crippen LogP) is 3.48. The van der Waals surface area contributed by atoms with Gasteiger partial charge in [-0.15, -0.1) is 46.4 Å². The summed E-state index contributed by atoms with van der Waals surface area (Å²) >= 11 is 22.9. The van der Waals surface area contributed by atoms with Gasteiger partial charge in [-0.05, 0) is 13.8 Å². The number of alkyl halides is 4. The highest BCUT2D eigenvalue weighted by Crippen LogP contribution is 2.25. The fourth-order valence-corrected chi connectivity index (χ4v) is 1.57. The van der Waals surface area contributed by atoms with E-state index in [1.807, 2.05) is 13.8 Å². The van der Waals surface area contributed by atoms with Crippen LogP contribution in [0, 0.1) is 0 Å². The van der Waals surface area contributed by atoms with Gasteiger partial charge in [-0.2, -0.15) is 0 Å². The average molecular weight is 268 g/mol. The number of halogens is 4. The van der Waals surface area contributed by atoms with Crippen molar-refractivity contribution in [1.82, 2.24) is 0 Å². The summed E-state index contributed by atoms with van der Waals surface area (Å²) in [7, 11) is 0. The Hall–Kier alpha value is 1.12. The standard InChI is InChI=1S/C8H14Cl4O/c1-7(3-9,4-10)13-8(2,5-11)6-12/h3-6H2,1-2H3. The molecular formula is C8H14Cl4O. The van der Waals surface area contributed by atoms with Gasteiger partial charge in [-0.25, -0.2) is 0 Å². The van der Waals surface area contributed by atoms with Crippen LogP contribution in [-0.2, 0) is 4.74 Å². The van der Waals surface area contributed by atoms with Crippen molar-refractivity contribution in [3.63, 3.8) is 0 Å². The Balaban J connectivity index is 4.36. The lowest BCUT2D eigenvalue weighted by molar-refractivity contribution is -0.0935. The van der Waals surface area contributed by atoms with Gasteiger partial charge in [0.2, 0.25) is 0 Å². The topological polar surface area (TPSA) is 9.23 Å². The molecule has 0 bridgehead atoms. The van der Waals surface area contributed by atoms with Crippen molar-refractivity contribution in [2.24, 2.45) is 0 Å². The average Bonchev–Trinajstić information content (AvgIpc) is 2.17. The van der Waals surface area contributed by atoms with Crippen LogP contribution in [0.4, 0.5) is 0 Å². The summed E-state index contributed by atoms with van der Waals surface area (Å²) in [6.45, 7) is 3.68. The zero-order valence-corrected chi connectivity index (χ0v) is 10.8. The van der Waals surface area contributed by atoms with Gasteiger partial charge in [-0.1, -0.05) is 0 Å². The van der Waals surface area contributed by atoms with Crippen LogP contribution in [0.5, 0.6) is 0 Å². The molecule has 0 heterocycles. The molecule has 0 radical (unpaired) electrons. The van der Waals surface area contributed by atoms with Crippen LogP contribution >= 0.6 is 46.4 Å². The van der Waals surface area contributed by atoms with E-state index in [1.165, 1.54) is 0 Å². The second kappa shape index (κ2) is 5.87. The van der Waals surface area contributed by atoms with Crippen molar-refractivity contribution in [3.05, 3.63) is 0 Å². The summed E-state index contributed by atoms with van der Waals surface area (Å²) in [5.41, 5.74) is -1.14. The van der Waals surface area contributed by atoms with Crippen LogP contribution < -0.4 is 0 Å². The van der Waals surface area contributed by atoms with E-state index < -0.39 is 11.2 Å². The van der Waals surface area contributed by atoms with Gasteiger partial charge in [0.1, 0.15) is 0 Å². The smallest absolute Gasteiger partial charge is 0.0932 e. The minimum Gasteiger partial charge on any atom is -0.364 e. The van der Waals surface area contributed by atoms with E-state index >= 15 is 0 Å². The summed E-state index contributed by atoms with van der Waals surface area (Å²) < 4.78 is 5.69. The molecule has 5 heteroatoms. The Kier molecular flexibility index (Phi) is 6.38. The van der Waals surface area contributed by atoms with Gasteiger partial charge in [0, 0.05) is 0 Å². The lowest BCUT2D eigenvalue weighted by Crippen LogP contribution is -2.46. The van der Waals surface area contributed by atoms with Crippen molar-refractivity contribution in [1.29, 1.82) is 0 Å². The molecule has 0 aliphatic rings. The maximum absolute atomic E-state index is 5.73. The zero-order chi connectivity index (χ0) is 10.5. The molecule has 13 heavy (non-hydrogen) atoms. The Morgan fingerprint density at radius 1 is 0.769 bits per heavy atom. The van der Waals surface area contributed by atoms with Crippen molar-refractivity contribution >= 4 is 46.4 Å². The Morgan fingerprint density at radius 3 is 1.15 bits per heavy atom. The van der Waals surface area contributed by atoms with Gasteiger partial charge in [0.05, 0.1) is 34.7 Å². The molecule has 0 spiro atoms. The van der Waals surface area contributed by atoms with Crippen LogP contribution in [0.3, 0.4) is 0 Å². The lowest BCUT2D eigenvalue weighted by Gasteiger charge is -2.36. The molecule has 0 atom stereocenters. The molecule has 0 aliphatic heterocycles. The zero-order valence-electron chi connectivity index (χ0n) is 7.75.